The van der Waals surface area contributed by atoms with E-state index in [1.807, 2.05) is 13.2 Å². The number of aromatic nitrogens is 1. The fourth-order valence-corrected chi connectivity index (χ4v) is 6.71. The van der Waals surface area contributed by atoms with Gasteiger partial charge in [-0.3, -0.25) is 4.79 Å². The summed E-state index contributed by atoms with van der Waals surface area (Å²) in [5, 5.41) is 9.87. The Labute approximate surface area is 249 Å². The maximum Gasteiger partial charge on any atom is 0.327 e. The highest BCUT2D eigenvalue weighted by molar-refractivity contribution is 6.30. The summed E-state index contributed by atoms with van der Waals surface area (Å²) < 4.78 is 2.08. The van der Waals surface area contributed by atoms with Gasteiger partial charge < -0.3 is 10.0 Å². The van der Waals surface area contributed by atoms with Gasteiger partial charge in [0.1, 0.15) is 0 Å². The van der Waals surface area contributed by atoms with Crippen LogP contribution in [0.25, 0.3) is 0 Å². The van der Waals surface area contributed by atoms with Gasteiger partial charge in [0.2, 0.25) is 0 Å². The fourth-order valence-electron chi connectivity index (χ4n) is 6.38. The molecule has 41 heavy (non-hydrogen) atoms. The number of hydrogen-bond acceptors (Lipinski definition) is 3. The average Bonchev–Trinajstić information content (AvgIpc) is 3.49. The Hall–Kier alpha value is -3.40. The molecule has 1 N–H and O–H groups in total. The third-order valence-electron chi connectivity index (χ3n) is 8.91. The number of aryl methyl sites for hydroxylation is 1. The number of carboxylic acid groups (broad SMARTS) is 1. The second-order valence-corrected chi connectivity index (χ2v) is 12.9. The Morgan fingerprint density at radius 3 is 2.61 bits per heavy atom. The van der Waals surface area contributed by atoms with E-state index in [0.29, 0.717) is 6.42 Å². The lowest BCUT2D eigenvalue weighted by Crippen LogP contribution is -2.30. The van der Waals surface area contributed by atoms with Crippen LogP contribution in [0, 0.1) is 5.92 Å². The minimum Gasteiger partial charge on any atom is -0.481 e. The van der Waals surface area contributed by atoms with Gasteiger partial charge in [0.25, 0.3) is 0 Å². The number of aliphatic carboxylic acids is 1. The number of anilines is 1. The van der Waals surface area contributed by atoms with Crippen LogP contribution in [-0.4, -0.2) is 23.3 Å². The number of carbonyl (C=O) groups is 1. The van der Waals surface area contributed by atoms with Crippen molar-refractivity contribution < 1.29 is 14.5 Å². The van der Waals surface area contributed by atoms with Gasteiger partial charge >= 0.3 is 11.8 Å². The summed E-state index contributed by atoms with van der Waals surface area (Å²) >= 11 is 6.98. The van der Waals surface area contributed by atoms with Crippen LogP contribution in [0.1, 0.15) is 77.3 Å². The molecule has 0 radical (unpaired) electrons. The first-order chi connectivity index (χ1) is 19.5. The molecule has 2 aliphatic heterocycles. The van der Waals surface area contributed by atoms with Gasteiger partial charge in [0.15, 0.2) is 5.71 Å². The topological polar surface area (TPSA) is 56.8 Å². The monoisotopic (exact) mass is 570 g/mol. The summed E-state index contributed by atoms with van der Waals surface area (Å²) in [6, 6.07) is 12.8. The predicted molar refractivity (Wildman–Crippen MR) is 167 cm³/mol. The lowest BCUT2D eigenvalue weighted by Gasteiger charge is -2.25. The van der Waals surface area contributed by atoms with Gasteiger partial charge in [-0.25, -0.2) is 4.57 Å². The van der Waals surface area contributed by atoms with Gasteiger partial charge in [0.05, 0.1) is 29.9 Å². The molecule has 1 unspecified atom stereocenters. The molecular weight excluding hydrogens is 530 g/mol. The number of allylic oxidation sites excluding steroid dienone is 5. The maximum absolute atomic E-state index is 10.9. The summed E-state index contributed by atoms with van der Waals surface area (Å²) in [4.78, 5) is 18.2. The lowest BCUT2D eigenvalue weighted by atomic mass is 9.82. The lowest BCUT2D eigenvalue weighted by molar-refractivity contribution is -0.658. The van der Waals surface area contributed by atoms with E-state index in [0.717, 1.165) is 54.5 Å². The molecule has 1 atom stereocenters. The van der Waals surface area contributed by atoms with E-state index in [2.05, 4.69) is 97.5 Å². The number of nitrogens with zero attached hydrogens (tertiary/aromatic N) is 3. The Balaban J connectivity index is 1.37. The molecule has 1 aliphatic carbocycles. The second-order valence-electron chi connectivity index (χ2n) is 12.5. The average molecular weight is 571 g/mol. The summed E-state index contributed by atoms with van der Waals surface area (Å²) in [6.07, 6.45) is 13.2. The van der Waals surface area contributed by atoms with Gasteiger partial charge in [0, 0.05) is 35.0 Å². The zero-order valence-corrected chi connectivity index (χ0v) is 25.6. The number of para-hydroxylation sites is 1. The normalized spacial score (nSPS) is 20.3. The van der Waals surface area contributed by atoms with Crippen LogP contribution in [0.15, 0.2) is 87.8 Å². The number of fused-ring (bicyclic) bond motifs is 2. The van der Waals surface area contributed by atoms with Crippen LogP contribution >= 0.6 is 11.6 Å². The van der Waals surface area contributed by atoms with Gasteiger partial charge in [-0.15, -0.1) is 5.73 Å². The molecule has 0 spiro atoms. The van der Waals surface area contributed by atoms with Crippen LogP contribution < -0.4 is 9.47 Å². The van der Waals surface area contributed by atoms with Gasteiger partial charge in [-0.05, 0) is 99.9 Å². The molecule has 3 heterocycles. The number of halogens is 1. The van der Waals surface area contributed by atoms with Crippen molar-refractivity contribution in [2.75, 3.05) is 11.4 Å². The number of hydrogen-bond donors (Lipinski definition) is 1. The van der Waals surface area contributed by atoms with Crippen molar-refractivity contribution >= 4 is 34.8 Å². The van der Waals surface area contributed by atoms with E-state index in [1.165, 1.54) is 22.4 Å². The maximum atomic E-state index is 10.9. The summed E-state index contributed by atoms with van der Waals surface area (Å²) in [6.45, 7) is 9.81. The van der Waals surface area contributed by atoms with E-state index >= 15 is 0 Å². The molecule has 6 heteroatoms. The Morgan fingerprint density at radius 2 is 1.85 bits per heavy atom. The summed E-state index contributed by atoms with van der Waals surface area (Å²) in [5.41, 5.74) is 10.5. The molecule has 1 aromatic carbocycles. The quantitative estimate of drug-likeness (QED) is 0.190. The highest BCUT2D eigenvalue weighted by Crippen LogP contribution is 2.47. The third kappa shape index (κ3) is 5.58. The van der Waals surface area contributed by atoms with E-state index in [4.69, 9.17) is 21.7 Å². The van der Waals surface area contributed by atoms with E-state index < -0.39 is 5.97 Å². The number of carboxylic acids is 1. The number of rotatable bonds is 9. The molecule has 5 nitrogen and oxygen atoms in total. The Bertz CT molecular complexity index is 1520. The molecule has 2 aromatic rings. The van der Waals surface area contributed by atoms with Crippen LogP contribution in [-0.2, 0) is 22.7 Å². The minimum atomic E-state index is -0.726. The molecule has 0 bridgehead atoms. The molecule has 1 aromatic heterocycles. The second kappa shape index (κ2) is 11.5. The Kier molecular flexibility index (Phi) is 8.14. The molecule has 3 aliphatic rings. The highest BCUT2D eigenvalue weighted by atomic mass is 35.5. The number of benzene rings is 1. The summed E-state index contributed by atoms with van der Waals surface area (Å²) in [7, 11) is 2.04. The first-order valence-electron chi connectivity index (χ1n) is 14.7. The van der Waals surface area contributed by atoms with Crippen molar-refractivity contribution in [2.45, 2.75) is 77.0 Å². The predicted octanol–water partition coefficient (Wildman–Crippen LogP) is 7.82. The molecule has 214 valence electrons. The molecule has 0 saturated carbocycles. The van der Waals surface area contributed by atoms with Crippen molar-refractivity contribution in [1.82, 2.24) is 0 Å². The molecule has 0 fully saturated rings. The first-order valence-corrected chi connectivity index (χ1v) is 15.1. The Morgan fingerprint density at radius 1 is 1.10 bits per heavy atom. The largest absolute Gasteiger partial charge is 0.481 e. The van der Waals surface area contributed by atoms with Crippen LogP contribution in [0.2, 0.25) is 0 Å². The van der Waals surface area contributed by atoms with E-state index in [-0.39, 0.29) is 23.2 Å². The van der Waals surface area contributed by atoms with Crippen molar-refractivity contribution in [3.63, 3.8) is 0 Å². The first kappa shape index (κ1) is 29.1. The smallest absolute Gasteiger partial charge is 0.327 e. The van der Waals surface area contributed by atoms with Crippen molar-refractivity contribution in [3.05, 3.63) is 94.0 Å². The molecule has 0 amide bonds. The van der Waals surface area contributed by atoms with E-state index in [9.17, 15) is 4.79 Å². The van der Waals surface area contributed by atoms with Crippen molar-refractivity contribution in [1.29, 1.82) is 0 Å². The zero-order chi connectivity index (χ0) is 29.4. The molecular formula is C35H41ClN3O2+. The van der Waals surface area contributed by atoms with Crippen LogP contribution in [0.4, 0.5) is 11.5 Å². The van der Waals surface area contributed by atoms with Crippen LogP contribution in [0.5, 0.6) is 0 Å². The SMILES string of the molecule is C[n+]1cccc2c1N=C(/C=C/C1=C(Cl)C(C=C=C3N(CCCCCC(=O)O)c4ccccc4C3(C)C)CC1)C2(C)C. The number of unbranched alkanes of at least 4 members (excludes halogenated alkanes) is 2. The fraction of sp³-hybridized carbons (Fsp3) is 0.429. The molecule has 5 rings (SSSR count). The van der Waals surface area contributed by atoms with Gasteiger partial charge in [-0.2, -0.15) is 0 Å². The van der Waals surface area contributed by atoms with Crippen LogP contribution in [0.3, 0.4) is 0 Å². The van der Waals surface area contributed by atoms with Crippen molar-refractivity contribution in [3.8, 4) is 0 Å². The summed E-state index contributed by atoms with van der Waals surface area (Å²) in [5.74, 6) is 0.424. The number of pyridine rings is 1. The zero-order valence-electron chi connectivity index (χ0n) is 24.9. The third-order valence-corrected chi connectivity index (χ3v) is 9.43. The van der Waals surface area contributed by atoms with Gasteiger partial charge in [-0.1, -0.05) is 42.3 Å². The van der Waals surface area contributed by atoms with Crippen molar-refractivity contribution in [2.24, 2.45) is 18.0 Å². The highest BCUT2D eigenvalue weighted by Gasteiger charge is 2.42. The minimum absolute atomic E-state index is 0.134. The van der Waals surface area contributed by atoms with E-state index in [1.54, 1.807) is 0 Å². The molecule has 0 saturated heterocycles. The standard InChI is InChI=1S/C35H40ClN3O2/c1-34(2)27-13-11-22-38(5)33(27)37-29(34)20-18-24-16-17-25(32(24)36)19-21-30-35(3,4)26-12-8-9-14-28(26)39(30)23-10-6-7-15-31(40)41/h8-9,11-14,18-20,22,25H,6-7,10,15-17,23H2,1-5H3/p+1/b20-18+. The number of aliphatic imine (C=N–C) groups is 1.